The lowest BCUT2D eigenvalue weighted by atomic mass is 9.84. The lowest BCUT2D eigenvalue weighted by Crippen LogP contribution is -2.39. The predicted octanol–water partition coefficient (Wildman–Crippen LogP) is 4.73. The molecule has 0 radical (unpaired) electrons. The number of pyridine rings is 1. The Labute approximate surface area is 178 Å². The molecule has 3 aromatic heterocycles. The minimum Gasteiger partial charge on any atom is -0.463 e. The number of aromatic nitrogens is 4. The molecule has 0 spiro atoms. The molecule has 0 bridgehead atoms. The van der Waals surface area contributed by atoms with Crippen LogP contribution in [0.5, 0.6) is 0 Å². The Morgan fingerprint density at radius 1 is 1.30 bits per heavy atom. The number of halogens is 2. The molecule has 1 aliphatic carbocycles. The fourth-order valence-electron chi connectivity index (χ4n) is 3.84. The van der Waals surface area contributed by atoms with Crippen molar-refractivity contribution in [2.24, 2.45) is 5.92 Å². The van der Waals surface area contributed by atoms with Gasteiger partial charge in [0.05, 0.1) is 23.2 Å². The Balaban J connectivity index is 1.63. The maximum atomic E-state index is 14.5. The molecule has 3 heterocycles. The van der Waals surface area contributed by atoms with Crippen LogP contribution in [-0.2, 0) is 9.53 Å². The fourth-order valence-corrected chi connectivity index (χ4v) is 4.00. The number of rotatable bonds is 5. The van der Waals surface area contributed by atoms with Gasteiger partial charge in [-0.15, -0.1) is 0 Å². The van der Waals surface area contributed by atoms with Crippen LogP contribution in [0.3, 0.4) is 0 Å². The van der Waals surface area contributed by atoms with Gasteiger partial charge in [0.2, 0.25) is 0 Å². The third-order valence-corrected chi connectivity index (χ3v) is 5.43. The minimum absolute atomic E-state index is 0.0681. The van der Waals surface area contributed by atoms with Crippen LogP contribution in [0.15, 0.2) is 24.7 Å². The van der Waals surface area contributed by atoms with Crippen molar-refractivity contribution in [2.45, 2.75) is 51.7 Å². The number of nitrogens with zero attached hydrogens (tertiary/aromatic N) is 3. The van der Waals surface area contributed by atoms with Crippen molar-refractivity contribution >= 4 is 34.4 Å². The minimum atomic E-state index is -0.573. The maximum absolute atomic E-state index is 14.5. The summed E-state index contributed by atoms with van der Waals surface area (Å²) in [6.45, 7) is 3.64. The molecule has 1 fully saturated rings. The lowest BCUT2D eigenvalue weighted by Gasteiger charge is -2.31. The number of hydrogen-bond acceptors (Lipinski definition) is 6. The van der Waals surface area contributed by atoms with Crippen molar-refractivity contribution in [1.29, 1.82) is 0 Å². The zero-order chi connectivity index (χ0) is 21.3. The van der Waals surface area contributed by atoms with Crippen LogP contribution in [0.1, 0.15) is 39.5 Å². The van der Waals surface area contributed by atoms with E-state index in [0.717, 1.165) is 30.8 Å². The average molecular weight is 432 g/mol. The second kappa shape index (κ2) is 8.55. The normalized spacial score (nSPS) is 19.2. The Morgan fingerprint density at radius 3 is 2.90 bits per heavy atom. The third kappa shape index (κ3) is 4.23. The molecular weight excluding hydrogens is 409 g/mol. The van der Waals surface area contributed by atoms with E-state index in [1.807, 2.05) is 13.8 Å². The molecule has 0 amide bonds. The Hall–Kier alpha value is -2.74. The molecule has 7 nitrogen and oxygen atoms in total. The van der Waals surface area contributed by atoms with Crippen LogP contribution in [-0.4, -0.2) is 38.1 Å². The first kappa shape index (κ1) is 20.5. The topological polar surface area (TPSA) is 92.8 Å². The summed E-state index contributed by atoms with van der Waals surface area (Å²) in [6.07, 6.45) is 7.54. The van der Waals surface area contributed by atoms with E-state index in [2.05, 4.69) is 25.3 Å². The second-order valence-electron chi connectivity index (χ2n) is 7.77. The lowest BCUT2D eigenvalue weighted by molar-refractivity contribution is -0.153. The van der Waals surface area contributed by atoms with Gasteiger partial charge in [-0.2, -0.15) is 0 Å². The summed E-state index contributed by atoms with van der Waals surface area (Å²) >= 11 is 6.07. The highest BCUT2D eigenvalue weighted by molar-refractivity contribution is 6.31. The van der Waals surface area contributed by atoms with Gasteiger partial charge in [0.15, 0.2) is 17.5 Å². The van der Waals surface area contributed by atoms with Gasteiger partial charge in [0.1, 0.15) is 5.65 Å². The molecule has 0 aliphatic heterocycles. The number of carbonyl (C=O) groups excluding carboxylic acids is 1. The third-order valence-electron chi connectivity index (χ3n) is 5.23. The molecule has 2 atom stereocenters. The highest BCUT2D eigenvalue weighted by atomic mass is 35.5. The van der Waals surface area contributed by atoms with E-state index in [1.165, 1.54) is 0 Å². The smallest absolute Gasteiger partial charge is 0.311 e. The molecule has 4 rings (SSSR count). The second-order valence-corrected chi connectivity index (χ2v) is 8.21. The first-order valence-electron chi connectivity index (χ1n) is 10.0. The average Bonchev–Trinajstić information content (AvgIpc) is 3.12. The highest BCUT2D eigenvalue weighted by Gasteiger charge is 2.33. The zero-order valence-electron chi connectivity index (χ0n) is 16.8. The molecule has 1 saturated carbocycles. The van der Waals surface area contributed by atoms with Gasteiger partial charge in [-0.25, -0.2) is 19.3 Å². The summed E-state index contributed by atoms with van der Waals surface area (Å²) < 4.78 is 19.9. The molecule has 0 saturated heterocycles. The van der Waals surface area contributed by atoms with Crippen LogP contribution >= 0.6 is 11.6 Å². The number of nitrogens with one attached hydrogen (secondary N) is 2. The van der Waals surface area contributed by atoms with Crippen molar-refractivity contribution in [2.75, 3.05) is 5.32 Å². The number of carbonyl (C=O) groups is 1. The molecule has 30 heavy (non-hydrogen) atoms. The van der Waals surface area contributed by atoms with Gasteiger partial charge in [0.25, 0.3) is 0 Å². The van der Waals surface area contributed by atoms with Gasteiger partial charge < -0.3 is 15.0 Å². The maximum Gasteiger partial charge on any atom is 0.311 e. The monoisotopic (exact) mass is 431 g/mol. The Bertz CT molecular complexity index is 1070. The molecule has 1 aliphatic rings. The number of hydrogen-bond donors (Lipinski definition) is 2. The van der Waals surface area contributed by atoms with E-state index < -0.39 is 5.82 Å². The summed E-state index contributed by atoms with van der Waals surface area (Å²) in [4.78, 5) is 28.3. The molecule has 2 N–H and O–H groups in total. The number of esters is 1. The Morgan fingerprint density at radius 2 is 2.10 bits per heavy atom. The van der Waals surface area contributed by atoms with E-state index in [-0.39, 0.29) is 29.9 Å². The summed E-state index contributed by atoms with van der Waals surface area (Å²) in [5, 5.41) is 4.37. The summed E-state index contributed by atoms with van der Waals surface area (Å²) in [7, 11) is 0. The Kier molecular flexibility index (Phi) is 5.85. The van der Waals surface area contributed by atoms with Crippen LogP contribution in [0.25, 0.3) is 22.4 Å². The van der Waals surface area contributed by atoms with Gasteiger partial charge in [-0.05, 0) is 32.8 Å². The summed E-state index contributed by atoms with van der Waals surface area (Å²) in [5.74, 6) is -0.759. The van der Waals surface area contributed by atoms with E-state index in [9.17, 15) is 9.18 Å². The van der Waals surface area contributed by atoms with Crippen LogP contribution < -0.4 is 5.32 Å². The first-order valence-corrected chi connectivity index (χ1v) is 10.4. The number of ether oxygens (including phenoxy) is 1. The first-order chi connectivity index (χ1) is 14.4. The van der Waals surface area contributed by atoms with Crippen molar-refractivity contribution in [3.63, 3.8) is 0 Å². The largest absolute Gasteiger partial charge is 0.463 e. The molecule has 0 aromatic carbocycles. The highest BCUT2D eigenvalue weighted by Crippen LogP contribution is 2.31. The number of aromatic amines is 1. The molecular formula is C21H23ClFN5O2. The molecule has 3 aromatic rings. The zero-order valence-corrected chi connectivity index (χ0v) is 17.5. The van der Waals surface area contributed by atoms with Crippen molar-refractivity contribution < 1.29 is 13.9 Å². The quantitative estimate of drug-likeness (QED) is 0.567. The van der Waals surface area contributed by atoms with E-state index >= 15 is 0 Å². The summed E-state index contributed by atoms with van der Waals surface area (Å²) in [5.41, 5.74) is 1.31. The van der Waals surface area contributed by atoms with Crippen LogP contribution in [0.2, 0.25) is 5.02 Å². The summed E-state index contributed by atoms with van der Waals surface area (Å²) in [6, 6.07) is 1.51. The van der Waals surface area contributed by atoms with E-state index in [1.54, 1.807) is 18.5 Å². The van der Waals surface area contributed by atoms with Gasteiger partial charge >= 0.3 is 5.97 Å². The number of H-pyrrole nitrogens is 1. The van der Waals surface area contributed by atoms with Gasteiger partial charge in [-0.3, -0.25) is 4.79 Å². The van der Waals surface area contributed by atoms with Crippen molar-refractivity contribution in [3.05, 3.63) is 35.5 Å². The SMILES string of the molecule is CC(C)OC(=O)[C@@H]1CCCC[C@H]1Nc1nc(-c2c[nH]c3ncc(Cl)cc23)ncc1F. The van der Waals surface area contributed by atoms with E-state index in [4.69, 9.17) is 16.3 Å². The van der Waals surface area contributed by atoms with Gasteiger partial charge in [-0.1, -0.05) is 24.4 Å². The van der Waals surface area contributed by atoms with E-state index in [0.29, 0.717) is 28.5 Å². The predicted molar refractivity (Wildman–Crippen MR) is 113 cm³/mol. The van der Waals surface area contributed by atoms with Crippen LogP contribution in [0.4, 0.5) is 10.2 Å². The molecule has 158 valence electrons. The van der Waals surface area contributed by atoms with Crippen molar-refractivity contribution in [1.82, 2.24) is 19.9 Å². The van der Waals surface area contributed by atoms with Gasteiger partial charge in [0, 0.05) is 29.4 Å². The fraction of sp³-hybridized carbons (Fsp3) is 0.429. The molecule has 0 unspecified atom stereocenters. The standard InChI is InChI=1S/C21H23ClFN5O2/c1-11(2)30-21(29)13-5-3-4-6-17(13)27-20-16(23)10-26-19(28-20)15-9-25-18-14(15)7-12(22)8-24-18/h7-11,13,17H,3-6H2,1-2H3,(H,24,25)(H,26,27,28)/t13-,17-/m1/s1. The number of fused-ring (bicyclic) bond motifs is 1. The molecule has 9 heteroatoms. The number of anilines is 1. The van der Waals surface area contributed by atoms with Crippen LogP contribution in [0, 0.1) is 11.7 Å². The van der Waals surface area contributed by atoms with Crippen molar-refractivity contribution in [3.8, 4) is 11.4 Å².